The Hall–Kier alpha value is -1.06. The maximum Gasteiger partial charge on any atom is 0.266 e. The minimum absolute atomic E-state index is 0.668. The topological polar surface area (TPSA) is 0 Å². The Morgan fingerprint density at radius 2 is 1.82 bits per heavy atom. The van der Waals surface area contributed by atoms with Crippen LogP contribution in [0.1, 0.15) is 12.0 Å². The molecule has 0 saturated heterocycles. The molecule has 1 aromatic carbocycles. The van der Waals surface area contributed by atoms with Crippen LogP contribution in [0.25, 0.3) is 0 Å². The van der Waals surface area contributed by atoms with Crippen molar-refractivity contribution in [3.63, 3.8) is 0 Å². The van der Waals surface area contributed by atoms with Crippen molar-refractivity contribution in [2.75, 3.05) is 0 Å². The van der Waals surface area contributed by atoms with Gasteiger partial charge in [0.25, 0.3) is 6.43 Å². The van der Waals surface area contributed by atoms with Gasteiger partial charge in [-0.2, -0.15) is 0 Å². The molecule has 0 amide bonds. The highest BCUT2D eigenvalue weighted by Crippen LogP contribution is 2.22. The molecule has 0 N–H and O–H groups in total. The van der Waals surface area contributed by atoms with Crippen LogP contribution in [-0.2, 0) is 0 Å². The first-order valence-electron chi connectivity index (χ1n) is 2.76. The number of rotatable bonds is 1. The summed E-state index contributed by atoms with van der Waals surface area (Å²) >= 11 is 0. The van der Waals surface area contributed by atoms with Crippen LogP contribution in [0.2, 0.25) is 0 Å². The third kappa shape index (κ3) is 1.50. The second-order valence-electron chi connectivity index (χ2n) is 1.87. The SMILES string of the molecule is Fc1c[c]cc(C(F)F)c1F. The number of halogens is 4. The summed E-state index contributed by atoms with van der Waals surface area (Å²) in [6.45, 7) is 0. The molecule has 0 heterocycles. The molecule has 0 aliphatic rings. The van der Waals surface area contributed by atoms with Crippen LogP contribution in [0.15, 0.2) is 12.1 Å². The van der Waals surface area contributed by atoms with Crippen molar-refractivity contribution in [3.8, 4) is 0 Å². The lowest BCUT2D eigenvalue weighted by atomic mass is 10.2. The van der Waals surface area contributed by atoms with Crippen molar-refractivity contribution in [1.29, 1.82) is 0 Å². The fourth-order valence-electron chi connectivity index (χ4n) is 0.628. The molecular weight excluding hydrogens is 160 g/mol. The summed E-state index contributed by atoms with van der Waals surface area (Å²) in [4.78, 5) is 0. The zero-order valence-corrected chi connectivity index (χ0v) is 5.24. The summed E-state index contributed by atoms with van der Waals surface area (Å²) in [5, 5.41) is 0. The minimum Gasteiger partial charge on any atom is -0.205 e. The molecule has 0 fully saturated rings. The Morgan fingerprint density at radius 3 is 2.27 bits per heavy atom. The molecule has 0 nitrogen and oxygen atoms in total. The standard InChI is InChI=1S/C7H3F4/c8-5-3-1-2-4(6(5)9)7(10)11/h2-3,7H. The second-order valence-corrected chi connectivity index (χ2v) is 1.87. The molecule has 1 radical (unpaired) electrons. The molecule has 11 heavy (non-hydrogen) atoms. The first-order chi connectivity index (χ1) is 5.13. The molecule has 0 bridgehead atoms. The Bertz CT molecular complexity index is 257. The van der Waals surface area contributed by atoms with Gasteiger partial charge in [-0.15, -0.1) is 0 Å². The van der Waals surface area contributed by atoms with Gasteiger partial charge >= 0.3 is 0 Å². The third-order valence-corrected chi connectivity index (χ3v) is 1.15. The normalized spacial score (nSPS) is 10.6. The van der Waals surface area contributed by atoms with Crippen molar-refractivity contribution in [3.05, 3.63) is 35.4 Å². The Kier molecular flexibility index (Phi) is 2.12. The van der Waals surface area contributed by atoms with Crippen molar-refractivity contribution in [2.45, 2.75) is 6.43 Å². The first kappa shape index (κ1) is 8.04. The van der Waals surface area contributed by atoms with E-state index in [-0.39, 0.29) is 0 Å². The van der Waals surface area contributed by atoms with E-state index in [0.717, 1.165) is 6.07 Å². The summed E-state index contributed by atoms with van der Waals surface area (Å²) < 4.78 is 48.1. The molecule has 59 valence electrons. The van der Waals surface area contributed by atoms with E-state index in [9.17, 15) is 17.6 Å². The maximum absolute atomic E-state index is 12.4. The smallest absolute Gasteiger partial charge is 0.205 e. The number of hydrogen-bond acceptors (Lipinski definition) is 0. The van der Waals surface area contributed by atoms with E-state index in [1.54, 1.807) is 0 Å². The van der Waals surface area contributed by atoms with Gasteiger partial charge in [0.1, 0.15) is 0 Å². The van der Waals surface area contributed by atoms with Crippen LogP contribution in [0.5, 0.6) is 0 Å². The van der Waals surface area contributed by atoms with E-state index in [0.29, 0.717) is 6.07 Å². The molecule has 0 aliphatic carbocycles. The highest BCUT2D eigenvalue weighted by Gasteiger charge is 2.15. The average molecular weight is 163 g/mol. The summed E-state index contributed by atoms with van der Waals surface area (Å²) in [5.74, 6) is -2.80. The Morgan fingerprint density at radius 1 is 1.18 bits per heavy atom. The molecule has 1 aromatic rings. The predicted octanol–water partition coefficient (Wildman–Crippen LogP) is 2.70. The lowest BCUT2D eigenvalue weighted by Gasteiger charge is -1.99. The van der Waals surface area contributed by atoms with Crippen LogP contribution < -0.4 is 0 Å². The zero-order chi connectivity index (χ0) is 8.43. The van der Waals surface area contributed by atoms with Crippen LogP contribution in [-0.4, -0.2) is 0 Å². The summed E-state index contributed by atoms with van der Waals surface area (Å²) in [5.41, 5.74) is -0.954. The van der Waals surface area contributed by atoms with Gasteiger partial charge in [0, 0.05) is 0 Å². The molecule has 0 spiro atoms. The van der Waals surface area contributed by atoms with E-state index in [1.165, 1.54) is 0 Å². The van der Waals surface area contributed by atoms with Crippen molar-refractivity contribution in [2.24, 2.45) is 0 Å². The lowest BCUT2D eigenvalue weighted by Crippen LogP contribution is -1.93. The van der Waals surface area contributed by atoms with Crippen LogP contribution in [0.3, 0.4) is 0 Å². The van der Waals surface area contributed by atoms with Gasteiger partial charge < -0.3 is 0 Å². The number of alkyl halides is 2. The van der Waals surface area contributed by atoms with Crippen molar-refractivity contribution in [1.82, 2.24) is 0 Å². The average Bonchev–Trinajstić information content (AvgIpc) is 1.94. The van der Waals surface area contributed by atoms with Gasteiger partial charge in [-0.05, 0) is 18.2 Å². The van der Waals surface area contributed by atoms with Gasteiger partial charge in [-0.25, -0.2) is 17.6 Å². The van der Waals surface area contributed by atoms with E-state index in [1.807, 2.05) is 0 Å². The van der Waals surface area contributed by atoms with E-state index in [2.05, 4.69) is 6.07 Å². The van der Waals surface area contributed by atoms with Gasteiger partial charge in [0.05, 0.1) is 5.56 Å². The van der Waals surface area contributed by atoms with Crippen molar-refractivity contribution >= 4 is 0 Å². The highest BCUT2D eigenvalue weighted by molar-refractivity contribution is 5.18. The number of hydrogen-bond donors (Lipinski definition) is 0. The van der Waals surface area contributed by atoms with Crippen molar-refractivity contribution < 1.29 is 17.6 Å². The van der Waals surface area contributed by atoms with Crippen LogP contribution in [0, 0.1) is 17.7 Å². The van der Waals surface area contributed by atoms with E-state index in [4.69, 9.17) is 0 Å². The fourth-order valence-corrected chi connectivity index (χ4v) is 0.628. The quantitative estimate of drug-likeness (QED) is 0.558. The maximum atomic E-state index is 12.4. The molecule has 1 rings (SSSR count). The molecular formula is C7H3F4. The second kappa shape index (κ2) is 2.90. The highest BCUT2D eigenvalue weighted by atomic mass is 19.3. The van der Waals surface area contributed by atoms with Gasteiger partial charge in [0.15, 0.2) is 11.6 Å². The summed E-state index contributed by atoms with van der Waals surface area (Å²) in [6.07, 6.45) is -3.00. The van der Waals surface area contributed by atoms with E-state index >= 15 is 0 Å². The molecule has 0 unspecified atom stereocenters. The Balaban J connectivity index is 3.17. The molecule has 0 aromatic heterocycles. The minimum atomic E-state index is -3.00. The lowest BCUT2D eigenvalue weighted by molar-refractivity contribution is 0.145. The molecule has 4 heteroatoms. The largest absolute Gasteiger partial charge is 0.266 e. The Labute approximate surface area is 60.5 Å². The van der Waals surface area contributed by atoms with Crippen LogP contribution >= 0.6 is 0 Å². The van der Waals surface area contributed by atoms with Crippen LogP contribution in [0.4, 0.5) is 17.6 Å². The van der Waals surface area contributed by atoms with Gasteiger partial charge in [-0.3, -0.25) is 0 Å². The summed E-state index contributed by atoms with van der Waals surface area (Å²) in [6, 6.07) is 3.45. The summed E-state index contributed by atoms with van der Waals surface area (Å²) in [7, 11) is 0. The van der Waals surface area contributed by atoms with Gasteiger partial charge in [-0.1, -0.05) is 0 Å². The fraction of sp³-hybridized carbons (Fsp3) is 0.143. The van der Waals surface area contributed by atoms with E-state index < -0.39 is 23.6 Å². The predicted molar refractivity (Wildman–Crippen MR) is 30.2 cm³/mol. The third-order valence-electron chi connectivity index (χ3n) is 1.15. The molecule has 0 aliphatic heterocycles. The molecule has 0 atom stereocenters. The molecule has 0 saturated carbocycles. The zero-order valence-electron chi connectivity index (χ0n) is 5.24. The first-order valence-corrected chi connectivity index (χ1v) is 2.76. The van der Waals surface area contributed by atoms with Gasteiger partial charge in [0.2, 0.25) is 0 Å². The number of benzene rings is 1. The monoisotopic (exact) mass is 163 g/mol.